The van der Waals surface area contributed by atoms with Crippen LogP contribution in [0.5, 0.6) is 0 Å². The molecule has 0 radical (unpaired) electrons. The van der Waals surface area contributed by atoms with Gasteiger partial charge in [-0.1, -0.05) is 12.0 Å². The van der Waals surface area contributed by atoms with Gasteiger partial charge in [0.15, 0.2) is 0 Å². The molecule has 1 amide bonds. The molecule has 3 aromatic rings. The number of amides is 1. The highest BCUT2D eigenvalue weighted by Crippen LogP contribution is 2.42. The number of hydrogen-bond donors (Lipinski definition) is 2. The van der Waals surface area contributed by atoms with E-state index in [4.69, 9.17) is 17.1 Å². The zero-order valence-corrected chi connectivity index (χ0v) is 24.3. The number of rotatable bonds is 5. The molecule has 3 aliphatic heterocycles. The van der Waals surface area contributed by atoms with Crippen LogP contribution in [0.4, 0.5) is 5.82 Å². The maximum atomic E-state index is 13.2. The Morgan fingerprint density at radius 3 is 2.56 bits per heavy atom. The number of nitrogens with two attached hydrogens (primary N) is 1. The van der Waals surface area contributed by atoms with Crippen molar-refractivity contribution in [2.75, 3.05) is 44.7 Å². The van der Waals surface area contributed by atoms with Crippen molar-refractivity contribution < 1.29 is 4.79 Å². The van der Waals surface area contributed by atoms with Gasteiger partial charge in [0.05, 0.1) is 11.3 Å². The monoisotopic (exact) mass is 570 g/mol. The van der Waals surface area contributed by atoms with Gasteiger partial charge in [0.1, 0.15) is 11.9 Å². The minimum absolute atomic E-state index is 0.0585. The lowest BCUT2D eigenvalue weighted by Crippen LogP contribution is -2.42. The van der Waals surface area contributed by atoms with Crippen molar-refractivity contribution in [3.8, 4) is 29.5 Å². The summed E-state index contributed by atoms with van der Waals surface area (Å²) in [5.74, 6) is 3.59. The van der Waals surface area contributed by atoms with Crippen molar-refractivity contribution in [2.24, 2.45) is 11.1 Å². The topological polar surface area (TPSA) is 114 Å². The Labute approximate surface area is 252 Å². The van der Waals surface area contributed by atoms with E-state index in [0.29, 0.717) is 23.4 Å². The molecular weight excluding hydrogens is 536 g/mol. The molecular formula is C34H34N8O. The number of carbonyl (C=O) groups excluding carboxylic acids is 1. The number of carbonyl (C=O) groups is 1. The molecule has 0 atom stereocenters. The Bertz CT molecular complexity index is 1690. The van der Waals surface area contributed by atoms with Crippen LogP contribution in [0.2, 0.25) is 0 Å². The van der Waals surface area contributed by atoms with Crippen molar-refractivity contribution in [3.63, 3.8) is 0 Å². The summed E-state index contributed by atoms with van der Waals surface area (Å²) in [6, 6.07) is 15.6. The summed E-state index contributed by atoms with van der Waals surface area (Å²) >= 11 is 0. The summed E-state index contributed by atoms with van der Waals surface area (Å²) in [7, 11) is 1.95. The second-order valence-corrected chi connectivity index (χ2v) is 11.5. The van der Waals surface area contributed by atoms with Crippen molar-refractivity contribution in [1.29, 1.82) is 5.26 Å². The van der Waals surface area contributed by atoms with Crippen LogP contribution in [0.1, 0.15) is 46.4 Å². The summed E-state index contributed by atoms with van der Waals surface area (Å²) < 4.78 is 0. The van der Waals surface area contributed by atoms with E-state index >= 15 is 0 Å². The van der Waals surface area contributed by atoms with Gasteiger partial charge in [0, 0.05) is 86.8 Å². The van der Waals surface area contributed by atoms with Gasteiger partial charge in [-0.25, -0.2) is 10.4 Å². The first-order valence-electron chi connectivity index (χ1n) is 14.5. The van der Waals surface area contributed by atoms with Gasteiger partial charge in [-0.05, 0) is 72.2 Å². The smallest absolute Gasteiger partial charge is 0.253 e. The largest absolute Gasteiger partial charge is 0.403 e. The summed E-state index contributed by atoms with van der Waals surface area (Å²) in [4.78, 5) is 27.0. The molecule has 1 spiro atoms. The summed E-state index contributed by atoms with van der Waals surface area (Å²) in [6.45, 7) is 4.01. The van der Waals surface area contributed by atoms with Crippen LogP contribution < -0.4 is 16.1 Å². The third kappa shape index (κ3) is 5.55. The second kappa shape index (κ2) is 11.6. The molecule has 1 aromatic carbocycles. The number of piperidine rings is 1. The lowest BCUT2D eigenvalue weighted by atomic mass is 9.78. The minimum Gasteiger partial charge on any atom is -0.403 e. The SMILES string of the molecule is C#Cc1cccc(C(=O)N2CCC3(CCN(c4ccc(-c5cc(C6=CN(C)NC6)cnc5C(C#N)=CN)cn4)CC3)C2)c1. The van der Waals surface area contributed by atoms with E-state index in [0.717, 1.165) is 79.1 Å². The fraction of sp³-hybridized carbons (Fsp3) is 0.294. The Hall–Kier alpha value is -5.12. The van der Waals surface area contributed by atoms with Gasteiger partial charge in [0.25, 0.3) is 5.91 Å². The zero-order chi connectivity index (χ0) is 30.0. The predicted octanol–water partition coefficient (Wildman–Crippen LogP) is 3.87. The fourth-order valence-electron chi connectivity index (χ4n) is 6.34. The van der Waals surface area contributed by atoms with Gasteiger partial charge in [0.2, 0.25) is 0 Å². The molecule has 0 aliphatic carbocycles. The number of benzene rings is 1. The highest BCUT2D eigenvalue weighted by molar-refractivity contribution is 5.95. The van der Waals surface area contributed by atoms with E-state index in [1.54, 1.807) is 12.3 Å². The molecule has 2 fully saturated rings. The lowest BCUT2D eigenvalue weighted by molar-refractivity contribution is 0.0764. The Kier molecular flexibility index (Phi) is 7.58. The van der Waals surface area contributed by atoms with E-state index in [1.165, 1.54) is 6.20 Å². The third-order valence-corrected chi connectivity index (χ3v) is 8.88. The van der Waals surface area contributed by atoms with Crippen molar-refractivity contribution in [2.45, 2.75) is 19.3 Å². The van der Waals surface area contributed by atoms with E-state index in [2.05, 4.69) is 27.3 Å². The Morgan fingerprint density at radius 2 is 1.88 bits per heavy atom. The summed E-state index contributed by atoms with van der Waals surface area (Å²) in [5, 5.41) is 11.6. The van der Waals surface area contributed by atoms with Gasteiger partial charge in [-0.15, -0.1) is 6.42 Å². The molecule has 5 heterocycles. The average Bonchev–Trinajstić information content (AvgIpc) is 3.68. The molecule has 2 aromatic heterocycles. The van der Waals surface area contributed by atoms with E-state index in [1.807, 2.05) is 65.8 Å². The van der Waals surface area contributed by atoms with Gasteiger partial charge in [-0.2, -0.15) is 5.26 Å². The molecule has 0 bridgehead atoms. The van der Waals surface area contributed by atoms with Gasteiger partial charge >= 0.3 is 0 Å². The second-order valence-electron chi connectivity index (χ2n) is 11.5. The summed E-state index contributed by atoms with van der Waals surface area (Å²) in [6.07, 6.45) is 15.5. The number of allylic oxidation sites excluding steroid dienone is 1. The number of hydrazine groups is 1. The standard InChI is InChI=1S/C34H34N8O/c1-3-24-5-4-6-25(15-24)33(43)42-14-11-34(23-42)9-12-41(13-10-34)31-8-7-26(19-37-31)30-16-27(29-21-39-40(2)22-29)20-38-32(30)28(17-35)18-36/h1,4-8,15-17,19-20,22,39H,9-14,21,23,35H2,2H3. The molecule has 216 valence electrons. The highest BCUT2D eigenvalue weighted by atomic mass is 16.2. The number of terminal acetylenes is 1. The Balaban J connectivity index is 1.16. The molecule has 0 unspecified atom stereocenters. The van der Waals surface area contributed by atoms with Crippen molar-refractivity contribution >= 4 is 22.9 Å². The maximum absolute atomic E-state index is 13.2. The van der Waals surface area contributed by atoms with Crippen molar-refractivity contribution in [1.82, 2.24) is 25.3 Å². The quantitative estimate of drug-likeness (QED) is 0.351. The predicted molar refractivity (Wildman–Crippen MR) is 168 cm³/mol. The molecule has 3 N–H and O–H groups in total. The molecule has 3 aliphatic rings. The normalized spacial score (nSPS) is 18.0. The number of anilines is 1. The molecule has 6 rings (SSSR count). The zero-order valence-electron chi connectivity index (χ0n) is 24.3. The van der Waals surface area contributed by atoms with E-state index < -0.39 is 0 Å². The maximum Gasteiger partial charge on any atom is 0.253 e. The van der Waals surface area contributed by atoms with Crippen LogP contribution >= 0.6 is 0 Å². The first-order valence-corrected chi connectivity index (χ1v) is 14.5. The summed E-state index contributed by atoms with van der Waals surface area (Å²) in [5.41, 5.74) is 15.2. The van der Waals surface area contributed by atoms with E-state index in [-0.39, 0.29) is 11.3 Å². The first kappa shape index (κ1) is 28.0. The van der Waals surface area contributed by atoms with Crippen LogP contribution in [0.15, 0.2) is 67.3 Å². The van der Waals surface area contributed by atoms with Crippen LogP contribution in [0, 0.1) is 29.1 Å². The molecule has 0 saturated carbocycles. The number of nitriles is 1. The number of likely N-dealkylation sites (tertiary alicyclic amines) is 1. The number of hydrogen-bond acceptors (Lipinski definition) is 8. The number of nitrogens with one attached hydrogen (secondary N) is 1. The average molecular weight is 571 g/mol. The van der Waals surface area contributed by atoms with Crippen molar-refractivity contribution in [3.05, 3.63) is 89.6 Å². The number of aromatic nitrogens is 2. The van der Waals surface area contributed by atoms with Crippen LogP contribution in [-0.4, -0.2) is 65.6 Å². The molecule has 43 heavy (non-hydrogen) atoms. The lowest BCUT2D eigenvalue weighted by Gasteiger charge is -2.39. The molecule has 2 saturated heterocycles. The molecule has 9 heteroatoms. The minimum atomic E-state index is 0.0585. The molecule has 9 nitrogen and oxygen atoms in total. The van der Waals surface area contributed by atoms with Crippen LogP contribution in [-0.2, 0) is 0 Å². The van der Waals surface area contributed by atoms with Crippen LogP contribution in [0.25, 0.3) is 22.3 Å². The number of pyridine rings is 2. The van der Waals surface area contributed by atoms with E-state index in [9.17, 15) is 10.1 Å². The number of nitrogens with zero attached hydrogens (tertiary/aromatic N) is 6. The van der Waals surface area contributed by atoms with Crippen LogP contribution in [0.3, 0.4) is 0 Å². The van der Waals surface area contributed by atoms with Gasteiger partial charge < -0.3 is 20.5 Å². The van der Waals surface area contributed by atoms with Gasteiger partial charge in [-0.3, -0.25) is 9.78 Å². The third-order valence-electron chi connectivity index (χ3n) is 8.88. The first-order chi connectivity index (χ1) is 20.9. The fourth-order valence-corrected chi connectivity index (χ4v) is 6.34. The Morgan fingerprint density at radius 1 is 1.09 bits per heavy atom. The highest BCUT2D eigenvalue weighted by Gasteiger charge is 2.42.